The molecule has 1 aromatic carbocycles. The molecule has 148 valence electrons. The van der Waals surface area contributed by atoms with Gasteiger partial charge in [0.25, 0.3) is 0 Å². The summed E-state index contributed by atoms with van der Waals surface area (Å²) in [5, 5.41) is 3.00. The lowest BCUT2D eigenvalue weighted by Gasteiger charge is -2.35. The number of carbonyl (C=O) groups excluding carboxylic acids is 1. The quantitative estimate of drug-likeness (QED) is 0.861. The fourth-order valence-electron chi connectivity index (χ4n) is 3.53. The van der Waals surface area contributed by atoms with Crippen LogP contribution in [-0.4, -0.2) is 61.4 Å². The Morgan fingerprint density at radius 2 is 1.96 bits per heavy atom. The lowest BCUT2D eigenvalue weighted by molar-refractivity contribution is 0.0682. The van der Waals surface area contributed by atoms with Crippen LogP contribution in [0.4, 0.5) is 16.3 Å². The molecule has 0 aliphatic carbocycles. The number of carbonyl (C=O) groups is 1. The minimum Gasteiger partial charge on any atom is -0.489 e. The van der Waals surface area contributed by atoms with Crippen LogP contribution in [0.3, 0.4) is 0 Å². The van der Waals surface area contributed by atoms with Crippen LogP contribution in [-0.2, 0) is 4.74 Å². The topological polar surface area (TPSA) is 66.9 Å². The average molecular weight is 382 g/mol. The van der Waals surface area contributed by atoms with Crippen molar-refractivity contribution < 1.29 is 14.3 Å². The molecule has 3 heterocycles. The SMILES string of the molecule is O=C(Nc1ccccc1OC[C@@H]1CCCO1)N1CCN(c2ccccn2)CC1. The molecular formula is C21H26N4O3. The van der Waals surface area contributed by atoms with Gasteiger partial charge in [0.15, 0.2) is 0 Å². The van der Waals surface area contributed by atoms with Crippen LogP contribution in [0.25, 0.3) is 0 Å². The van der Waals surface area contributed by atoms with E-state index in [0.29, 0.717) is 31.1 Å². The van der Waals surface area contributed by atoms with Gasteiger partial charge in [-0.05, 0) is 37.1 Å². The van der Waals surface area contributed by atoms with Gasteiger partial charge < -0.3 is 24.6 Å². The average Bonchev–Trinajstić information content (AvgIpc) is 3.27. The molecule has 1 aromatic heterocycles. The number of benzene rings is 1. The number of nitrogens with zero attached hydrogens (tertiary/aromatic N) is 3. The number of nitrogens with one attached hydrogen (secondary N) is 1. The van der Waals surface area contributed by atoms with Crippen molar-refractivity contribution in [3.63, 3.8) is 0 Å². The van der Waals surface area contributed by atoms with Gasteiger partial charge in [0.1, 0.15) is 18.2 Å². The van der Waals surface area contributed by atoms with E-state index in [1.807, 2.05) is 47.4 Å². The van der Waals surface area contributed by atoms with E-state index >= 15 is 0 Å². The third-order valence-corrected chi connectivity index (χ3v) is 5.12. The smallest absolute Gasteiger partial charge is 0.322 e. The number of urea groups is 1. The van der Waals surface area contributed by atoms with E-state index in [2.05, 4.69) is 15.2 Å². The minimum absolute atomic E-state index is 0.103. The van der Waals surface area contributed by atoms with Gasteiger partial charge in [-0.25, -0.2) is 9.78 Å². The number of pyridine rings is 1. The Morgan fingerprint density at radius 1 is 1.14 bits per heavy atom. The summed E-state index contributed by atoms with van der Waals surface area (Å²) in [4.78, 5) is 21.1. The van der Waals surface area contributed by atoms with Crippen LogP contribution in [0, 0.1) is 0 Å². The highest BCUT2D eigenvalue weighted by Gasteiger charge is 2.23. The maximum absolute atomic E-state index is 12.7. The normalized spacial score (nSPS) is 19.5. The number of para-hydroxylation sites is 2. The Balaban J connectivity index is 1.31. The summed E-state index contributed by atoms with van der Waals surface area (Å²) in [5.41, 5.74) is 0.692. The molecule has 7 heteroatoms. The number of piperazine rings is 1. The molecule has 2 aliphatic rings. The summed E-state index contributed by atoms with van der Waals surface area (Å²) < 4.78 is 11.5. The third kappa shape index (κ3) is 4.54. The number of amides is 2. The van der Waals surface area contributed by atoms with Crippen LogP contribution in [0.15, 0.2) is 48.7 Å². The summed E-state index contributed by atoms with van der Waals surface area (Å²) >= 11 is 0. The van der Waals surface area contributed by atoms with Crippen LogP contribution in [0.1, 0.15) is 12.8 Å². The standard InChI is InChI=1S/C21H26N4O3/c26-21(25-13-11-24(12-14-25)20-9-3-4-10-22-20)23-18-7-1-2-8-19(18)28-16-17-6-5-15-27-17/h1-4,7-10,17H,5-6,11-16H2,(H,23,26)/t17-/m0/s1. The van der Waals surface area contributed by atoms with Gasteiger partial charge in [0.05, 0.1) is 11.8 Å². The number of anilines is 2. The Bertz CT molecular complexity index is 772. The molecule has 0 unspecified atom stereocenters. The van der Waals surface area contributed by atoms with E-state index < -0.39 is 0 Å². The summed E-state index contributed by atoms with van der Waals surface area (Å²) in [6.45, 7) is 4.15. The van der Waals surface area contributed by atoms with E-state index in [1.54, 1.807) is 6.20 Å². The fourth-order valence-corrected chi connectivity index (χ4v) is 3.53. The summed E-state index contributed by atoms with van der Waals surface area (Å²) in [6, 6.07) is 13.3. The first-order valence-corrected chi connectivity index (χ1v) is 9.85. The monoisotopic (exact) mass is 382 g/mol. The first-order chi connectivity index (χ1) is 13.8. The van der Waals surface area contributed by atoms with Crippen molar-refractivity contribution in [2.45, 2.75) is 18.9 Å². The van der Waals surface area contributed by atoms with E-state index in [4.69, 9.17) is 9.47 Å². The maximum Gasteiger partial charge on any atom is 0.322 e. The second kappa shape index (κ2) is 8.93. The van der Waals surface area contributed by atoms with Crippen molar-refractivity contribution >= 4 is 17.5 Å². The van der Waals surface area contributed by atoms with Crippen molar-refractivity contribution in [1.29, 1.82) is 0 Å². The van der Waals surface area contributed by atoms with E-state index in [-0.39, 0.29) is 12.1 Å². The lowest BCUT2D eigenvalue weighted by Crippen LogP contribution is -2.50. The number of hydrogen-bond acceptors (Lipinski definition) is 5. The molecule has 1 atom stereocenters. The van der Waals surface area contributed by atoms with Gasteiger partial charge in [-0.2, -0.15) is 0 Å². The minimum atomic E-state index is -0.103. The molecular weight excluding hydrogens is 356 g/mol. The second-order valence-corrected chi connectivity index (χ2v) is 7.03. The zero-order valence-electron chi connectivity index (χ0n) is 15.9. The molecule has 2 aromatic rings. The Kier molecular flexibility index (Phi) is 5.92. The van der Waals surface area contributed by atoms with Gasteiger partial charge >= 0.3 is 6.03 Å². The van der Waals surface area contributed by atoms with Crippen LogP contribution < -0.4 is 15.0 Å². The Hall–Kier alpha value is -2.80. The van der Waals surface area contributed by atoms with Crippen LogP contribution in [0.2, 0.25) is 0 Å². The summed E-state index contributed by atoms with van der Waals surface area (Å²) in [5.74, 6) is 1.63. The molecule has 2 aliphatic heterocycles. The van der Waals surface area contributed by atoms with E-state index in [9.17, 15) is 4.79 Å². The fraction of sp³-hybridized carbons (Fsp3) is 0.429. The van der Waals surface area contributed by atoms with Crippen LogP contribution >= 0.6 is 0 Å². The molecule has 0 radical (unpaired) electrons. The molecule has 2 fully saturated rings. The predicted octanol–water partition coefficient (Wildman–Crippen LogP) is 2.99. The molecule has 7 nitrogen and oxygen atoms in total. The molecule has 4 rings (SSSR count). The highest BCUT2D eigenvalue weighted by molar-refractivity contribution is 5.91. The van der Waals surface area contributed by atoms with Crippen molar-refractivity contribution in [2.24, 2.45) is 0 Å². The lowest BCUT2D eigenvalue weighted by atomic mass is 10.2. The van der Waals surface area contributed by atoms with Gasteiger partial charge in [0, 0.05) is 39.0 Å². The predicted molar refractivity (Wildman–Crippen MR) is 108 cm³/mol. The largest absolute Gasteiger partial charge is 0.489 e. The number of hydrogen-bond donors (Lipinski definition) is 1. The summed E-state index contributed by atoms with van der Waals surface area (Å²) in [7, 11) is 0. The molecule has 1 N–H and O–H groups in total. The summed E-state index contributed by atoms with van der Waals surface area (Å²) in [6.07, 6.45) is 4.04. The second-order valence-electron chi connectivity index (χ2n) is 7.03. The number of aromatic nitrogens is 1. The molecule has 28 heavy (non-hydrogen) atoms. The molecule has 2 saturated heterocycles. The maximum atomic E-state index is 12.7. The van der Waals surface area contributed by atoms with Gasteiger partial charge in [-0.3, -0.25) is 0 Å². The first-order valence-electron chi connectivity index (χ1n) is 9.85. The molecule has 2 amide bonds. The highest BCUT2D eigenvalue weighted by Crippen LogP contribution is 2.25. The van der Waals surface area contributed by atoms with Gasteiger partial charge in [0.2, 0.25) is 0 Å². The van der Waals surface area contributed by atoms with Crippen molar-refractivity contribution in [3.8, 4) is 5.75 Å². The van der Waals surface area contributed by atoms with Crippen LogP contribution in [0.5, 0.6) is 5.75 Å². The molecule has 0 saturated carbocycles. The Labute approximate surface area is 165 Å². The van der Waals surface area contributed by atoms with E-state index in [0.717, 1.165) is 38.4 Å². The highest BCUT2D eigenvalue weighted by atomic mass is 16.5. The van der Waals surface area contributed by atoms with Crippen molar-refractivity contribution in [1.82, 2.24) is 9.88 Å². The number of ether oxygens (including phenoxy) is 2. The zero-order chi connectivity index (χ0) is 19.2. The molecule has 0 bridgehead atoms. The van der Waals surface area contributed by atoms with E-state index in [1.165, 1.54) is 0 Å². The molecule has 0 spiro atoms. The van der Waals surface area contributed by atoms with Crippen molar-refractivity contribution in [2.75, 3.05) is 49.6 Å². The van der Waals surface area contributed by atoms with Crippen molar-refractivity contribution in [3.05, 3.63) is 48.7 Å². The zero-order valence-corrected chi connectivity index (χ0v) is 15.9. The third-order valence-electron chi connectivity index (χ3n) is 5.12. The number of rotatable bonds is 5. The Morgan fingerprint density at radius 3 is 2.71 bits per heavy atom. The van der Waals surface area contributed by atoms with Gasteiger partial charge in [-0.1, -0.05) is 18.2 Å². The van der Waals surface area contributed by atoms with Gasteiger partial charge in [-0.15, -0.1) is 0 Å². The first kappa shape index (κ1) is 18.6.